The summed E-state index contributed by atoms with van der Waals surface area (Å²) in [6.45, 7) is 3.99. The first-order chi connectivity index (χ1) is 9.29. The van der Waals surface area contributed by atoms with Crippen LogP contribution in [0.5, 0.6) is 0 Å². The molecule has 1 atom stereocenters. The second-order valence-electron chi connectivity index (χ2n) is 6.46. The van der Waals surface area contributed by atoms with Gasteiger partial charge < -0.3 is 0 Å². The number of imide groups is 1. The summed E-state index contributed by atoms with van der Waals surface area (Å²) >= 11 is 0. The van der Waals surface area contributed by atoms with Crippen LogP contribution in [-0.4, -0.2) is 29.0 Å². The Kier molecular flexibility index (Phi) is 2.49. The number of hydrogen-bond donors (Lipinski definition) is 0. The fraction of sp³-hybridized carbons (Fsp3) is 0.467. The van der Waals surface area contributed by atoms with Crippen molar-refractivity contribution in [3.8, 4) is 0 Å². The van der Waals surface area contributed by atoms with Crippen LogP contribution in [0.25, 0.3) is 0 Å². The Balaban J connectivity index is 2.28. The largest absolute Gasteiger partial charge is 0.355 e. The monoisotopic (exact) mass is 276 g/mol. The molecule has 1 spiro atoms. The van der Waals surface area contributed by atoms with Gasteiger partial charge in [0.2, 0.25) is 0 Å². The highest BCUT2D eigenvalue weighted by Crippen LogP contribution is 2.51. The molecule has 0 N–H and O–H groups in total. The van der Waals surface area contributed by atoms with Crippen LogP contribution in [0.1, 0.15) is 31.4 Å². The molecule has 1 aliphatic heterocycles. The second kappa shape index (κ2) is 3.81. The van der Waals surface area contributed by atoms with Gasteiger partial charge in [0.1, 0.15) is 0 Å². The molecule has 0 radical (unpaired) electrons. The summed E-state index contributed by atoms with van der Waals surface area (Å²) in [6.07, 6.45) is 1.06. The van der Waals surface area contributed by atoms with E-state index < -0.39 is 17.5 Å². The Morgan fingerprint density at radius 3 is 2.45 bits per heavy atom. The molecule has 1 unspecified atom stereocenters. The van der Waals surface area contributed by atoms with Gasteiger partial charge in [-0.25, -0.2) is 4.79 Å². The van der Waals surface area contributed by atoms with Gasteiger partial charge in [0, 0.05) is 7.05 Å². The van der Waals surface area contributed by atoms with Crippen molar-refractivity contribution < 1.29 is 14.1 Å². The summed E-state index contributed by atoms with van der Waals surface area (Å²) in [4.78, 5) is 25.3. The molecule has 3 amide bonds. The first kappa shape index (κ1) is 13.1. The molecule has 2 aliphatic rings. The average molecular weight is 276 g/mol. The van der Waals surface area contributed by atoms with E-state index in [9.17, 15) is 14.1 Å². The quantitative estimate of drug-likeness (QED) is 0.540. The summed E-state index contributed by atoms with van der Waals surface area (Å²) < 4.78 is 14.6. The lowest BCUT2D eigenvalue weighted by atomic mass is 9.65. The zero-order valence-corrected chi connectivity index (χ0v) is 11.8. The van der Waals surface area contributed by atoms with Crippen LogP contribution in [0.3, 0.4) is 0 Å². The Morgan fingerprint density at radius 1 is 1.20 bits per heavy atom. The molecule has 0 aromatic heterocycles. The minimum Gasteiger partial charge on any atom is -0.271 e. The minimum atomic E-state index is -1.50. The van der Waals surface area contributed by atoms with E-state index >= 15 is 0 Å². The molecule has 106 valence electrons. The maximum atomic E-state index is 14.6. The molecule has 5 heteroatoms. The lowest BCUT2D eigenvalue weighted by molar-refractivity contribution is -0.141. The molecule has 1 fully saturated rings. The lowest BCUT2D eigenvalue weighted by Gasteiger charge is -2.43. The molecule has 0 bridgehead atoms. The van der Waals surface area contributed by atoms with Crippen LogP contribution >= 0.6 is 0 Å². The van der Waals surface area contributed by atoms with Crippen molar-refractivity contribution in [2.45, 2.75) is 32.2 Å². The first-order valence-electron chi connectivity index (χ1n) is 6.66. The molecule has 20 heavy (non-hydrogen) atoms. The number of urea groups is 1. The molecule has 1 heterocycles. The maximum absolute atomic E-state index is 14.6. The summed E-state index contributed by atoms with van der Waals surface area (Å²) in [6, 6.07) is 6.43. The van der Waals surface area contributed by atoms with Crippen LogP contribution in [0.4, 0.5) is 9.28 Å². The number of halogens is 1. The van der Waals surface area contributed by atoms with Crippen molar-refractivity contribution >= 4 is 11.9 Å². The predicted octanol–water partition coefficient (Wildman–Crippen LogP) is 2.63. The molecule has 1 aromatic carbocycles. The van der Waals surface area contributed by atoms with E-state index in [2.05, 4.69) is 0 Å². The molecular weight excluding hydrogens is 259 g/mol. The average Bonchev–Trinajstić information content (AvgIpc) is 2.54. The van der Waals surface area contributed by atoms with E-state index in [1.54, 1.807) is 12.1 Å². The van der Waals surface area contributed by atoms with Gasteiger partial charge in [0.05, 0.1) is 0 Å². The minimum absolute atomic E-state index is 0.120. The van der Waals surface area contributed by atoms with Crippen LogP contribution in [0.15, 0.2) is 24.3 Å². The molecule has 3 rings (SSSR count). The zero-order chi connectivity index (χ0) is 14.7. The second-order valence-corrected chi connectivity index (χ2v) is 6.46. The Labute approximate surface area is 117 Å². The normalized spacial score (nSPS) is 28.2. The predicted molar refractivity (Wildman–Crippen MR) is 71.3 cm³/mol. The maximum Gasteiger partial charge on any atom is 0.355 e. The van der Waals surface area contributed by atoms with Crippen molar-refractivity contribution in [2.75, 3.05) is 7.05 Å². The van der Waals surface area contributed by atoms with Crippen molar-refractivity contribution in [1.82, 2.24) is 10.0 Å². The highest BCUT2D eigenvalue weighted by atomic mass is 19.2. The molecule has 1 aliphatic carbocycles. The van der Waals surface area contributed by atoms with Crippen molar-refractivity contribution in [3.05, 3.63) is 35.4 Å². The van der Waals surface area contributed by atoms with E-state index in [1.165, 1.54) is 7.05 Å². The van der Waals surface area contributed by atoms with Gasteiger partial charge in [0.15, 0.2) is 5.54 Å². The van der Waals surface area contributed by atoms with Gasteiger partial charge in [-0.1, -0.05) is 42.6 Å². The van der Waals surface area contributed by atoms with Crippen LogP contribution in [0.2, 0.25) is 0 Å². The van der Waals surface area contributed by atoms with Crippen molar-refractivity contribution in [1.29, 1.82) is 0 Å². The van der Waals surface area contributed by atoms with Gasteiger partial charge >= 0.3 is 6.03 Å². The van der Waals surface area contributed by atoms with E-state index in [-0.39, 0.29) is 10.5 Å². The van der Waals surface area contributed by atoms with Gasteiger partial charge in [0.25, 0.3) is 5.91 Å². The third-order valence-electron chi connectivity index (χ3n) is 4.31. The van der Waals surface area contributed by atoms with E-state index in [4.69, 9.17) is 0 Å². The molecular formula is C15H17FN2O2. The van der Waals surface area contributed by atoms with Crippen LogP contribution < -0.4 is 0 Å². The fourth-order valence-corrected chi connectivity index (χ4v) is 3.55. The number of carbonyl (C=O) groups excluding carboxylic acids is 2. The van der Waals surface area contributed by atoms with E-state index in [0.29, 0.717) is 12.0 Å². The van der Waals surface area contributed by atoms with Crippen LogP contribution in [-0.2, 0) is 16.8 Å². The molecule has 1 aromatic rings. The van der Waals surface area contributed by atoms with Crippen LogP contribution in [0, 0.1) is 5.41 Å². The molecule has 0 saturated carbocycles. The topological polar surface area (TPSA) is 40.6 Å². The smallest absolute Gasteiger partial charge is 0.271 e. The number of fused-ring (bicyclic) bond motifs is 2. The number of benzene rings is 1. The summed E-state index contributed by atoms with van der Waals surface area (Å²) in [7, 11) is 1.33. The third kappa shape index (κ3) is 1.46. The lowest BCUT2D eigenvalue weighted by Crippen LogP contribution is -2.50. The van der Waals surface area contributed by atoms with Gasteiger partial charge in [-0.2, -0.15) is 0 Å². The standard InChI is InChI=1S/C15H17FN2O2/c1-14(2)8-10-6-4-5-7-11(10)15(9-14)12(19)17(3)13(20)18(15)16/h4-7H,8-9H2,1-3H3. The Hall–Kier alpha value is -1.91. The van der Waals surface area contributed by atoms with Crippen molar-refractivity contribution in [2.24, 2.45) is 5.41 Å². The Morgan fingerprint density at radius 2 is 1.85 bits per heavy atom. The number of hydrogen-bond acceptors (Lipinski definition) is 2. The number of nitrogens with zero attached hydrogens (tertiary/aromatic N) is 2. The highest BCUT2D eigenvalue weighted by Gasteiger charge is 2.62. The van der Waals surface area contributed by atoms with Gasteiger partial charge in [-0.15, -0.1) is 5.12 Å². The van der Waals surface area contributed by atoms with Gasteiger partial charge in [-0.3, -0.25) is 9.69 Å². The SMILES string of the molecule is CN1C(=O)N(F)C2(CC(C)(C)Cc3ccccc32)C1=O. The molecule has 4 nitrogen and oxygen atoms in total. The summed E-state index contributed by atoms with van der Waals surface area (Å²) in [5.41, 5.74) is -0.198. The fourth-order valence-electron chi connectivity index (χ4n) is 3.55. The number of likely N-dealkylation sites (N-methyl/N-ethyl adjacent to an activating group) is 1. The number of carbonyl (C=O) groups is 2. The summed E-state index contributed by atoms with van der Waals surface area (Å²) in [5.74, 6) is -0.481. The van der Waals surface area contributed by atoms with Crippen molar-refractivity contribution in [3.63, 3.8) is 0 Å². The Bertz CT molecular complexity index is 614. The molecule has 1 saturated heterocycles. The summed E-state index contributed by atoms with van der Waals surface area (Å²) in [5, 5.41) is 0.120. The highest BCUT2D eigenvalue weighted by molar-refractivity contribution is 6.07. The number of rotatable bonds is 0. The van der Waals surface area contributed by atoms with E-state index in [0.717, 1.165) is 16.9 Å². The third-order valence-corrected chi connectivity index (χ3v) is 4.31. The number of amides is 3. The first-order valence-corrected chi connectivity index (χ1v) is 6.66. The van der Waals surface area contributed by atoms with Gasteiger partial charge in [-0.05, 0) is 29.4 Å². The zero-order valence-electron chi connectivity index (χ0n) is 11.8. The van der Waals surface area contributed by atoms with E-state index in [1.807, 2.05) is 26.0 Å².